The smallest absolute Gasteiger partial charge is 0.263 e. The number of carbonyl (C=O) groups is 1. The molecule has 2 N–H and O–H groups in total. The minimum atomic E-state index is -3.52. The number of carbonyl (C=O) groups excluding carboxylic acids is 1. The highest BCUT2D eigenvalue weighted by Crippen LogP contribution is 2.61. The number of nitrogens with zero attached hydrogens (tertiary/aromatic N) is 1. The zero-order chi connectivity index (χ0) is 20.1. The lowest BCUT2D eigenvalue weighted by molar-refractivity contribution is -0.121. The predicted molar refractivity (Wildman–Crippen MR) is 111 cm³/mol. The van der Waals surface area contributed by atoms with Crippen molar-refractivity contribution in [1.82, 2.24) is 10.0 Å². The Hall–Kier alpha value is -1.89. The molecule has 6 rings (SSSR count). The van der Waals surface area contributed by atoms with Gasteiger partial charge in [0.25, 0.3) is 10.0 Å². The fourth-order valence-electron chi connectivity index (χ4n) is 6.67. The van der Waals surface area contributed by atoms with Crippen LogP contribution in [0.1, 0.15) is 56.9 Å². The maximum atomic E-state index is 12.3. The van der Waals surface area contributed by atoms with E-state index in [1.165, 1.54) is 38.5 Å². The number of benzene rings is 1. The zero-order valence-electron chi connectivity index (χ0n) is 16.7. The maximum Gasteiger partial charge on any atom is 0.263 e. The standard InChI is InChI=1S/C22H29N3O3S/c26-20(5-7-24-21-18-3-1-2-4-19(18)29(27,28)25-21)23-8-6-22-12-15-9-16(13-22)11-17(10-15)14-22/h1-4,15-17H,5-14H2,(H,23,26)(H,24,25). The third kappa shape index (κ3) is 3.69. The van der Waals surface area contributed by atoms with E-state index in [4.69, 9.17) is 0 Å². The van der Waals surface area contributed by atoms with Crippen molar-refractivity contribution in [2.75, 3.05) is 13.1 Å². The summed E-state index contributed by atoms with van der Waals surface area (Å²) < 4.78 is 26.7. The average Bonchev–Trinajstić information content (AvgIpc) is 2.91. The summed E-state index contributed by atoms with van der Waals surface area (Å²) in [6.45, 7) is 1.02. The van der Waals surface area contributed by atoms with Gasteiger partial charge in [0.2, 0.25) is 5.91 Å². The van der Waals surface area contributed by atoms with Crippen LogP contribution >= 0.6 is 0 Å². The monoisotopic (exact) mass is 415 g/mol. The van der Waals surface area contributed by atoms with Crippen LogP contribution in [0.15, 0.2) is 34.2 Å². The van der Waals surface area contributed by atoms with Crippen LogP contribution in [0.5, 0.6) is 0 Å². The van der Waals surface area contributed by atoms with Gasteiger partial charge in [-0.05, 0) is 80.2 Å². The topological polar surface area (TPSA) is 87.6 Å². The molecular formula is C22H29N3O3S. The van der Waals surface area contributed by atoms with Gasteiger partial charge in [0.1, 0.15) is 5.84 Å². The van der Waals surface area contributed by atoms with Crippen molar-refractivity contribution in [3.63, 3.8) is 0 Å². The molecule has 1 amide bonds. The molecule has 0 spiro atoms. The van der Waals surface area contributed by atoms with E-state index < -0.39 is 10.0 Å². The van der Waals surface area contributed by atoms with Gasteiger partial charge >= 0.3 is 0 Å². The summed E-state index contributed by atoms with van der Waals surface area (Å²) in [7, 11) is -3.52. The lowest BCUT2D eigenvalue weighted by Crippen LogP contribution is -2.47. The number of hydrogen-bond acceptors (Lipinski definition) is 4. The molecule has 4 fully saturated rings. The summed E-state index contributed by atoms with van der Waals surface area (Å²) in [5.41, 5.74) is 1.06. The van der Waals surface area contributed by atoms with E-state index in [1.807, 2.05) is 0 Å². The lowest BCUT2D eigenvalue weighted by atomic mass is 9.49. The van der Waals surface area contributed by atoms with Crippen LogP contribution < -0.4 is 10.0 Å². The van der Waals surface area contributed by atoms with Gasteiger partial charge in [-0.15, -0.1) is 0 Å². The number of aliphatic imine (C=N–C) groups is 1. The van der Waals surface area contributed by atoms with E-state index in [-0.39, 0.29) is 23.8 Å². The molecule has 29 heavy (non-hydrogen) atoms. The van der Waals surface area contributed by atoms with Gasteiger partial charge in [-0.3, -0.25) is 14.5 Å². The average molecular weight is 416 g/mol. The normalized spacial score (nSPS) is 34.8. The lowest BCUT2D eigenvalue weighted by Gasteiger charge is -2.57. The van der Waals surface area contributed by atoms with Crippen LogP contribution in [0.2, 0.25) is 0 Å². The second-order valence-electron chi connectivity index (χ2n) is 9.60. The Balaban J connectivity index is 1.11. The van der Waals surface area contributed by atoms with Crippen LogP contribution in [0.4, 0.5) is 0 Å². The molecule has 1 aliphatic heterocycles. The molecule has 4 saturated carbocycles. The first-order chi connectivity index (χ1) is 13.9. The van der Waals surface area contributed by atoms with Crippen LogP contribution in [0.3, 0.4) is 0 Å². The Morgan fingerprint density at radius 3 is 2.45 bits per heavy atom. The van der Waals surface area contributed by atoms with Crippen molar-refractivity contribution in [1.29, 1.82) is 0 Å². The van der Waals surface area contributed by atoms with Gasteiger partial charge in [-0.2, -0.15) is 0 Å². The second kappa shape index (κ2) is 7.11. The molecule has 1 aromatic rings. The fraction of sp³-hybridized carbons (Fsp3) is 0.636. The minimum absolute atomic E-state index is 0.00628. The molecule has 4 aliphatic carbocycles. The van der Waals surface area contributed by atoms with Gasteiger partial charge in [-0.1, -0.05) is 12.1 Å². The minimum Gasteiger partial charge on any atom is -0.356 e. The van der Waals surface area contributed by atoms with Gasteiger partial charge in [0.05, 0.1) is 11.4 Å². The number of nitrogens with one attached hydrogen (secondary N) is 2. The summed E-state index contributed by atoms with van der Waals surface area (Å²) >= 11 is 0. The van der Waals surface area contributed by atoms with Gasteiger partial charge in [0.15, 0.2) is 0 Å². The third-order valence-corrected chi connectivity index (χ3v) is 8.81. The van der Waals surface area contributed by atoms with E-state index in [2.05, 4.69) is 15.0 Å². The van der Waals surface area contributed by atoms with Crippen LogP contribution in [-0.4, -0.2) is 33.3 Å². The number of amidine groups is 1. The predicted octanol–water partition coefficient (Wildman–Crippen LogP) is 2.84. The SMILES string of the molecule is O=C(CCN=C1NS(=O)(=O)c2ccccc21)NCCC12CC3CC(CC(C3)C1)C2. The molecule has 7 heteroatoms. The Bertz CT molecular complexity index is 919. The Morgan fingerprint density at radius 1 is 1.10 bits per heavy atom. The highest BCUT2D eigenvalue weighted by molar-refractivity contribution is 7.90. The Kier molecular flexibility index (Phi) is 4.68. The molecule has 1 aromatic carbocycles. The van der Waals surface area contributed by atoms with Gasteiger partial charge in [0, 0.05) is 18.5 Å². The van der Waals surface area contributed by atoms with Crippen molar-refractivity contribution < 1.29 is 13.2 Å². The molecule has 0 atom stereocenters. The van der Waals surface area contributed by atoms with Crippen LogP contribution in [0.25, 0.3) is 0 Å². The van der Waals surface area contributed by atoms with E-state index in [0.717, 1.165) is 30.7 Å². The van der Waals surface area contributed by atoms with E-state index >= 15 is 0 Å². The highest BCUT2D eigenvalue weighted by Gasteiger charge is 2.50. The van der Waals surface area contributed by atoms with Crippen molar-refractivity contribution >= 4 is 21.8 Å². The molecule has 1 heterocycles. The van der Waals surface area contributed by atoms with E-state index in [9.17, 15) is 13.2 Å². The third-order valence-electron chi connectivity index (χ3n) is 7.41. The molecule has 5 aliphatic rings. The van der Waals surface area contributed by atoms with E-state index in [0.29, 0.717) is 16.8 Å². The summed E-state index contributed by atoms with van der Waals surface area (Å²) in [6.07, 6.45) is 9.79. The molecule has 0 unspecified atom stereocenters. The maximum absolute atomic E-state index is 12.3. The van der Waals surface area contributed by atoms with Crippen molar-refractivity contribution in [3.05, 3.63) is 29.8 Å². The number of fused-ring (bicyclic) bond motifs is 1. The summed E-state index contributed by atoms with van der Waals surface area (Å²) in [5.74, 6) is 3.14. The quantitative estimate of drug-likeness (QED) is 0.749. The number of amides is 1. The van der Waals surface area contributed by atoms with Gasteiger partial charge < -0.3 is 5.32 Å². The molecule has 6 nitrogen and oxygen atoms in total. The summed E-state index contributed by atoms with van der Waals surface area (Å²) in [4.78, 5) is 16.8. The van der Waals surface area contributed by atoms with Crippen molar-refractivity contribution in [3.8, 4) is 0 Å². The molecule has 0 radical (unpaired) electrons. The fourth-order valence-corrected chi connectivity index (χ4v) is 7.92. The second-order valence-corrected chi connectivity index (χ2v) is 11.3. The highest BCUT2D eigenvalue weighted by atomic mass is 32.2. The number of rotatable bonds is 6. The van der Waals surface area contributed by atoms with Crippen LogP contribution in [0, 0.1) is 23.2 Å². The van der Waals surface area contributed by atoms with Gasteiger partial charge in [-0.25, -0.2) is 8.42 Å². The first-order valence-electron chi connectivity index (χ1n) is 10.9. The molecule has 4 bridgehead atoms. The molecule has 156 valence electrons. The van der Waals surface area contributed by atoms with E-state index in [1.54, 1.807) is 24.3 Å². The number of hydrogen-bond donors (Lipinski definition) is 2. The zero-order valence-corrected chi connectivity index (χ0v) is 17.5. The largest absolute Gasteiger partial charge is 0.356 e. The summed E-state index contributed by atoms with van der Waals surface area (Å²) in [6, 6.07) is 6.78. The Morgan fingerprint density at radius 2 is 1.76 bits per heavy atom. The molecule has 0 aromatic heterocycles. The van der Waals surface area contributed by atoms with Crippen molar-refractivity contribution in [2.45, 2.75) is 56.3 Å². The summed E-state index contributed by atoms with van der Waals surface area (Å²) in [5, 5.41) is 3.07. The van der Waals surface area contributed by atoms with Crippen LogP contribution in [-0.2, 0) is 14.8 Å². The first kappa shape index (κ1) is 19.1. The molecule has 0 saturated heterocycles. The van der Waals surface area contributed by atoms with Crippen molar-refractivity contribution in [2.24, 2.45) is 28.2 Å². The first-order valence-corrected chi connectivity index (χ1v) is 12.3. The Labute approximate surface area is 172 Å². The molecular weight excluding hydrogens is 386 g/mol. The number of sulfonamides is 1.